The second-order valence-electron chi connectivity index (χ2n) is 3.02. The van der Waals surface area contributed by atoms with Crippen molar-refractivity contribution in [3.05, 3.63) is 62.6 Å². The van der Waals surface area contributed by atoms with Gasteiger partial charge in [0.05, 0.1) is 15.1 Å². The summed E-state index contributed by atoms with van der Waals surface area (Å²) in [4.78, 5) is 1.02. The Labute approximate surface area is 145 Å². The Morgan fingerprint density at radius 2 is 1.22 bits per heavy atom. The molecular weight excluding hydrogens is 383 g/mol. The van der Waals surface area contributed by atoms with Gasteiger partial charge in [0.2, 0.25) is 0 Å². The number of hydrogen-bond acceptors (Lipinski definition) is 1. The van der Waals surface area contributed by atoms with Crippen LogP contribution in [0.4, 0.5) is 0 Å². The van der Waals surface area contributed by atoms with Crippen molar-refractivity contribution in [3.63, 3.8) is 0 Å². The van der Waals surface area contributed by atoms with Gasteiger partial charge >= 0.3 is 0 Å². The van der Waals surface area contributed by atoms with Crippen molar-refractivity contribution in [2.24, 2.45) is 0 Å². The molecular formula is C12H8Cl4SZn. The van der Waals surface area contributed by atoms with Gasteiger partial charge in [-0.15, -0.1) is 12.6 Å². The Balaban J connectivity index is 0.000000321. The molecule has 0 N–H and O–H groups in total. The Morgan fingerprint density at radius 1 is 0.778 bits per heavy atom. The molecule has 0 atom stereocenters. The fourth-order valence-electron chi connectivity index (χ4n) is 0.953. The van der Waals surface area contributed by atoms with Gasteiger partial charge in [-0.25, -0.2) is 0 Å². The van der Waals surface area contributed by atoms with Gasteiger partial charge in [-0.05, 0) is 24.3 Å². The second-order valence-corrected chi connectivity index (χ2v) is 5.16. The van der Waals surface area contributed by atoms with Gasteiger partial charge in [0, 0.05) is 29.4 Å². The number of thiol groups is 1. The molecule has 0 bridgehead atoms. The van der Waals surface area contributed by atoms with Crippen molar-refractivity contribution in [1.29, 1.82) is 0 Å². The van der Waals surface area contributed by atoms with Crippen molar-refractivity contribution < 1.29 is 19.5 Å². The van der Waals surface area contributed by atoms with Gasteiger partial charge in [-0.1, -0.05) is 64.6 Å². The molecule has 0 aliphatic rings. The quantitative estimate of drug-likeness (QED) is 0.233. The molecule has 0 fully saturated rings. The zero-order valence-corrected chi connectivity index (χ0v) is 16.1. The molecule has 0 aromatic heterocycles. The van der Waals surface area contributed by atoms with Gasteiger partial charge < -0.3 is 0 Å². The molecule has 0 nitrogen and oxygen atoms in total. The maximum atomic E-state index is 5.63. The first-order valence-corrected chi connectivity index (χ1v) is 6.50. The Bertz CT molecular complexity index is 468. The number of rotatable bonds is 0. The molecule has 2 aromatic carbocycles. The molecule has 0 saturated carbocycles. The van der Waals surface area contributed by atoms with Crippen LogP contribution in [0.5, 0.6) is 0 Å². The van der Waals surface area contributed by atoms with Gasteiger partial charge in [0.1, 0.15) is 0 Å². The Morgan fingerprint density at radius 3 is 1.56 bits per heavy atom. The molecule has 0 saturated heterocycles. The third-order valence-corrected chi connectivity index (χ3v) is 3.42. The molecule has 0 aliphatic carbocycles. The van der Waals surface area contributed by atoms with Crippen LogP contribution in [0.1, 0.15) is 0 Å². The van der Waals surface area contributed by atoms with E-state index in [1.54, 1.807) is 0 Å². The van der Waals surface area contributed by atoms with E-state index < -0.39 is 0 Å². The van der Waals surface area contributed by atoms with E-state index in [2.05, 4.69) is 12.6 Å². The zero-order chi connectivity index (χ0) is 12.8. The fourth-order valence-corrected chi connectivity index (χ4v) is 2.05. The molecule has 0 amide bonds. The summed E-state index contributed by atoms with van der Waals surface area (Å²) in [6.45, 7) is 0. The van der Waals surface area contributed by atoms with Crippen LogP contribution in [0, 0.1) is 0 Å². The summed E-state index contributed by atoms with van der Waals surface area (Å²) in [5, 5.41) is 1.57. The normalized spacial score (nSPS) is 8.94. The molecule has 92 valence electrons. The minimum Gasteiger partial charge on any atom is -0.143 e. The molecule has 2 rings (SSSR count). The largest absolute Gasteiger partial charge is 0.143 e. The molecule has 0 aliphatic heterocycles. The topological polar surface area (TPSA) is 0 Å². The molecule has 6 heteroatoms. The van der Waals surface area contributed by atoms with E-state index in [9.17, 15) is 0 Å². The van der Waals surface area contributed by atoms with Crippen molar-refractivity contribution in [3.8, 4) is 0 Å². The first-order chi connectivity index (χ1) is 8.00. The van der Waals surface area contributed by atoms with Crippen LogP contribution in [-0.2, 0) is 19.5 Å². The standard InChI is InChI=1S/C6H2Cl4.C6H6S.Zn/c7-3-1-4(8)6(10)5(9)2-3;7-6-4-2-1-3-5-6;/h1-2H;1-5,7H;. The second kappa shape index (κ2) is 9.47. The molecule has 0 unspecified atom stereocenters. The first-order valence-electron chi connectivity index (χ1n) is 4.54. The summed E-state index contributed by atoms with van der Waals surface area (Å²) in [7, 11) is 0. The first kappa shape index (κ1) is 18.6. The van der Waals surface area contributed by atoms with Crippen molar-refractivity contribution in [1.82, 2.24) is 0 Å². The number of benzene rings is 2. The summed E-state index contributed by atoms with van der Waals surface area (Å²) in [6.07, 6.45) is 0. The van der Waals surface area contributed by atoms with Crippen LogP contribution in [0.3, 0.4) is 0 Å². The summed E-state index contributed by atoms with van der Waals surface area (Å²) in [6, 6.07) is 12.9. The van der Waals surface area contributed by atoms with E-state index in [0.29, 0.717) is 20.1 Å². The van der Waals surface area contributed by atoms with Crippen molar-refractivity contribution >= 4 is 59.0 Å². The van der Waals surface area contributed by atoms with E-state index in [1.807, 2.05) is 30.3 Å². The minimum absolute atomic E-state index is 0. The maximum absolute atomic E-state index is 5.63. The predicted octanol–water partition coefficient (Wildman–Crippen LogP) is 6.27. The third kappa shape index (κ3) is 6.66. The van der Waals surface area contributed by atoms with Crippen molar-refractivity contribution in [2.75, 3.05) is 0 Å². The van der Waals surface area contributed by atoms with Gasteiger partial charge in [-0.3, -0.25) is 0 Å². The van der Waals surface area contributed by atoms with Crippen LogP contribution < -0.4 is 0 Å². The van der Waals surface area contributed by atoms with Gasteiger partial charge in [-0.2, -0.15) is 0 Å². The summed E-state index contributed by atoms with van der Waals surface area (Å²) < 4.78 is 0. The average Bonchev–Trinajstić information content (AvgIpc) is 2.27. The Kier molecular flexibility index (Phi) is 9.77. The van der Waals surface area contributed by atoms with E-state index in [-0.39, 0.29) is 19.5 Å². The van der Waals surface area contributed by atoms with Gasteiger partial charge in [0.15, 0.2) is 0 Å². The third-order valence-electron chi connectivity index (χ3n) is 1.70. The number of hydrogen-bond donors (Lipinski definition) is 1. The maximum Gasteiger partial charge on any atom is 0.0779 e. The smallest absolute Gasteiger partial charge is 0.0779 e. The molecule has 0 radical (unpaired) electrons. The minimum atomic E-state index is 0. The average molecular weight is 391 g/mol. The van der Waals surface area contributed by atoms with E-state index in [4.69, 9.17) is 46.4 Å². The van der Waals surface area contributed by atoms with Crippen LogP contribution in [-0.4, -0.2) is 0 Å². The van der Waals surface area contributed by atoms with E-state index in [0.717, 1.165) is 4.90 Å². The summed E-state index contributed by atoms with van der Waals surface area (Å²) in [5.74, 6) is 0. The van der Waals surface area contributed by atoms with Crippen LogP contribution in [0.15, 0.2) is 47.4 Å². The van der Waals surface area contributed by atoms with Crippen LogP contribution >= 0.6 is 59.0 Å². The molecule has 2 aromatic rings. The van der Waals surface area contributed by atoms with Gasteiger partial charge in [0.25, 0.3) is 0 Å². The summed E-state index contributed by atoms with van der Waals surface area (Å²) >= 11 is 26.5. The van der Waals surface area contributed by atoms with Crippen LogP contribution in [0.2, 0.25) is 20.1 Å². The van der Waals surface area contributed by atoms with E-state index >= 15 is 0 Å². The fraction of sp³-hybridized carbons (Fsp3) is 0. The summed E-state index contributed by atoms with van der Waals surface area (Å²) in [5.41, 5.74) is 0. The van der Waals surface area contributed by atoms with Crippen molar-refractivity contribution in [2.45, 2.75) is 4.90 Å². The predicted molar refractivity (Wildman–Crippen MR) is 80.2 cm³/mol. The molecule has 18 heavy (non-hydrogen) atoms. The molecule has 0 heterocycles. The Hall–Kier alpha value is 0.573. The van der Waals surface area contributed by atoms with E-state index in [1.165, 1.54) is 12.1 Å². The SMILES string of the molecule is Clc1cc(Cl)c(Cl)c(Cl)c1.Sc1ccccc1.[Zn]. The van der Waals surface area contributed by atoms with Crippen LogP contribution in [0.25, 0.3) is 0 Å². The number of halogens is 4. The zero-order valence-electron chi connectivity index (χ0n) is 9.21. The monoisotopic (exact) mass is 388 g/mol. The molecule has 0 spiro atoms.